The normalized spacial score (nSPS) is 23.2. The quantitative estimate of drug-likeness (QED) is 0.735. The minimum atomic E-state index is 0.142. The van der Waals surface area contributed by atoms with E-state index in [1.165, 1.54) is 0 Å². The highest BCUT2D eigenvalue weighted by molar-refractivity contribution is 4.84. The van der Waals surface area contributed by atoms with Crippen LogP contribution >= 0.6 is 0 Å². The Hall–Kier alpha value is -0.160. The Bertz CT molecular complexity index is 197. The number of ether oxygens (including phenoxy) is 2. The summed E-state index contributed by atoms with van der Waals surface area (Å²) in [5.74, 6) is 0. The molecule has 1 rings (SSSR count). The molecular weight excluding hydrogens is 204 g/mol. The first kappa shape index (κ1) is 13.9. The van der Waals surface area contributed by atoms with E-state index in [1.807, 2.05) is 6.92 Å². The maximum atomic E-state index is 5.67. The van der Waals surface area contributed by atoms with E-state index >= 15 is 0 Å². The van der Waals surface area contributed by atoms with E-state index in [1.54, 1.807) is 0 Å². The van der Waals surface area contributed by atoms with Crippen LogP contribution in [0.25, 0.3) is 0 Å². The van der Waals surface area contributed by atoms with Gasteiger partial charge >= 0.3 is 0 Å². The summed E-state index contributed by atoms with van der Waals surface area (Å²) in [7, 11) is 0. The molecule has 0 amide bonds. The van der Waals surface area contributed by atoms with E-state index < -0.39 is 0 Å². The lowest BCUT2D eigenvalue weighted by atomic mass is 10.0. The van der Waals surface area contributed by atoms with Crippen LogP contribution in [0.1, 0.15) is 27.2 Å². The topological polar surface area (TPSA) is 47.7 Å². The van der Waals surface area contributed by atoms with Gasteiger partial charge in [0.1, 0.15) is 0 Å². The molecule has 0 aromatic rings. The average Bonchev–Trinajstić information content (AvgIpc) is 2.25. The minimum Gasteiger partial charge on any atom is -0.378 e. The maximum Gasteiger partial charge on any atom is 0.0709 e. The third-order valence-electron chi connectivity index (χ3n) is 3.20. The van der Waals surface area contributed by atoms with Gasteiger partial charge in [0.15, 0.2) is 0 Å². The third-order valence-corrected chi connectivity index (χ3v) is 3.20. The number of nitrogens with zero attached hydrogens (tertiary/aromatic N) is 1. The Kier molecular flexibility index (Phi) is 5.69. The summed E-state index contributed by atoms with van der Waals surface area (Å²) in [6, 6.07) is 0. The SMILES string of the molecule is CCOC(CN)CCN1CCOCC1(C)C. The van der Waals surface area contributed by atoms with E-state index in [0.717, 1.165) is 39.3 Å². The first-order chi connectivity index (χ1) is 7.60. The van der Waals surface area contributed by atoms with Gasteiger partial charge in [-0.15, -0.1) is 0 Å². The van der Waals surface area contributed by atoms with Gasteiger partial charge in [0, 0.05) is 31.8 Å². The maximum absolute atomic E-state index is 5.67. The number of morpholine rings is 1. The van der Waals surface area contributed by atoms with Crippen LogP contribution in [-0.2, 0) is 9.47 Å². The number of nitrogens with two attached hydrogens (primary N) is 1. The molecule has 0 spiro atoms. The van der Waals surface area contributed by atoms with Crippen LogP contribution in [0.15, 0.2) is 0 Å². The molecule has 1 aliphatic rings. The summed E-state index contributed by atoms with van der Waals surface area (Å²) in [5.41, 5.74) is 5.82. The summed E-state index contributed by atoms with van der Waals surface area (Å²) in [5, 5.41) is 0. The Labute approximate surface area is 99.1 Å². The molecule has 2 N–H and O–H groups in total. The van der Waals surface area contributed by atoms with Crippen molar-refractivity contribution < 1.29 is 9.47 Å². The van der Waals surface area contributed by atoms with Crippen LogP contribution in [-0.4, -0.2) is 56.0 Å². The largest absolute Gasteiger partial charge is 0.378 e. The highest BCUT2D eigenvalue weighted by atomic mass is 16.5. The van der Waals surface area contributed by atoms with E-state index in [4.69, 9.17) is 15.2 Å². The lowest BCUT2D eigenvalue weighted by molar-refractivity contribution is -0.0576. The van der Waals surface area contributed by atoms with Crippen LogP contribution in [0, 0.1) is 0 Å². The van der Waals surface area contributed by atoms with Crippen molar-refractivity contribution >= 4 is 0 Å². The molecule has 96 valence electrons. The molecule has 1 unspecified atom stereocenters. The van der Waals surface area contributed by atoms with Gasteiger partial charge in [0.05, 0.1) is 19.3 Å². The van der Waals surface area contributed by atoms with Gasteiger partial charge in [0.25, 0.3) is 0 Å². The molecule has 0 aromatic carbocycles. The Balaban J connectivity index is 2.34. The Morgan fingerprint density at radius 2 is 2.25 bits per heavy atom. The fraction of sp³-hybridized carbons (Fsp3) is 1.00. The van der Waals surface area contributed by atoms with Crippen molar-refractivity contribution in [1.82, 2.24) is 4.90 Å². The molecule has 0 saturated carbocycles. The van der Waals surface area contributed by atoms with Gasteiger partial charge < -0.3 is 15.2 Å². The summed E-state index contributed by atoms with van der Waals surface area (Å²) in [6.07, 6.45) is 1.21. The zero-order chi connectivity index (χ0) is 12.0. The summed E-state index contributed by atoms with van der Waals surface area (Å²) < 4.78 is 11.1. The zero-order valence-electron chi connectivity index (χ0n) is 10.9. The second kappa shape index (κ2) is 6.55. The number of rotatable bonds is 6. The summed E-state index contributed by atoms with van der Waals surface area (Å²) >= 11 is 0. The van der Waals surface area contributed by atoms with Gasteiger partial charge in [0.2, 0.25) is 0 Å². The molecule has 1 atom stereocenters. The molecule has 4 heteroatoms. The van der Waals surface area contributed by atoms with Crippen LogP contribution in [0.3, 0.4) is 0 Å². The molecule has 0 aromatic heterocycles. The molecule has 0 bridgehead atoms. The van der Waals surface area contributed by atoms with Crippen molar-refractivity contribution in [2.24, 2.45) is 5.73 Å². The fourth-order valence-corrected chi connectivity index (χ4v) is 2.11. The van der Waals surface area contributed by atoms with Crippen molar-refractivity contribution in [2.45, 2.75) is 38.8 Å². The monoisotopic (exact) mass is 230 g/mol. The van der Waals surface area contributed by atoms with E-state index in [9.17, 15) is 0 Å². The number of hydrogen-bond donors (Lipinski definition) is 1. The van der Waals surface area contributed by atoms with Gasteiger partial charge in [-0.05, 0) is 27.2 Å². The van der Waals surface area contributed by atoms with Crippen LogP contribution in [0.2, 0.25) is 0 Å². The Morgan fingerprint density at radius 3 is 2.81 bits per heavy atom. The van der Waals surface area contributed by atoms with Crippen LogP contribution in [0.4, 0.5) is 0 Å². The van der Waals surface area contributed by atoms with Crippen molar-refractivity contribution in [3.8, 4) is 0 Å². The molecular formula is C12H26N2O2. The van der Waals surface area contributed by atoms with Gasteiger partial charge in [-0.3, -0.25) is 4.90 Å². The second-order valence-corrected chi connectivity index (χ2v) is 4.95. The van der Waals surface area contributed by atoms with Crippen molar-refractivity contribution in [3.63, 3.8) is 0 Å². The molecule has 0 aliphatic carbocycles. The standard InChI is InChI=1S/C12H26N2O2/c1-4-16-11(9-13)5-6-14-7-8-15-10-12(14,2)3/h11H,4-10,13H2,1-3H3. The lowest BCUT2D eigenvalue weighted by Gasteiger charge is -2.42. The molecule has 1 fully saturated rings. The average molecular weight is 230 g/mol. The van der Waals surface area contributed by atoms with Crippen molar-refractivity contribution in [3.05, 3.63) is 0 Å². The van der Waals surface area contributed by atoms with Crippen LogP contribution in [0.5, 0.6) is 0 Å². The first-order valence-corrected chi connectivity index (χ1v) is 6.24. The molecule has 4 nitrogen and oxygen atoms in total. The molecule has 1 aliphatic heterocycles. The lowest BCUT2D eigenvalue weighted by Crippen LogP contribution is -2.53. The van der Waals surface area contributed by atoms with E-state index in [2.05, 4.69) is 18.7 Å². The highest BCUT2D eigenvalue weighted by Gasteiger charge is 2.30. The molecule has 0 radical (unpaired) electrons. The smallest absolute Gasteiger partial charge is 0.0709 e. The molecule has 1 heterocycles. The van der Waals surface area contributed by atoms with Gasteiger partial charge in [-0.1, -0.05) is 0 Å². The van der Waals surface area contributed by atoms with E-state index in [-0.39, 0.29) is 11.6 Å². The summed E-state index contributed by atoms with van der Waals surface area (Å²) in [4.78, 5) is 2.47. The van der Waals surface area contributed by atoms with Gasteiger partial charge in [-0.25, -0.2) is 0 Å². The number of hydrogen-bond acceptors (Lipinski definition) is 4. The summed E-state index contributed by atoms with van der Waals surface area (Å²) in [6.45, 7) is 11.5. The molecule has 1 saturated heterocycles. The zero-order valence-corrected chi connectivity index (χ0v) is 10.9. The van der Waals surface area contributed by atoms with Crippen molar-refractivity contribution in [2.75, 3.05) is 39.5 Å². The van der Waals surface area contributed by atoms with Gasteiger partial charge in [-0.2, -0.15) is 0 Å². The van der Waals surface area contributed by atoms with Crippen LogP contribution < -0.4 is 5.73 Å². The highest BCUT2D eigenvalue weighted by Crippen LogP contribution is 2.19. The fourth-order valence-electron chi connectivity index (χ4n) is 2.11. The van der Waals surface area contributed by atoms with Crippen molar-refractivity contribution in [1.29, 1.82) is 0 Å². The third kappa shape index (κ3) is 4.01. The van der Waals surface area contributed by atoms with E-state index in [0.29, 0.717) is 6.54 Å². The second-order valence-electron chi connectivity index (χ2n) is 4.95. The minimum absolute atomic E-state index is 0.142. The molecule has 16 heavy (non-hydrogen) atoms. The first-order valence-electron chi connectivity index (χ1n) is 6.24. The predicted octanol–water partition coefficient (Wildman–Crippen LogP) is 0.851. The Morgan fingerprint density at radius 1 is 1.50 bits per heavy atom. The predicted molar refractivity (Wildman–Crippen MR) is 65.6 cm³/mol.